The van der Waals surface area contributed by atoms with E-state index in [1.807, 2.05) is 11.3 Å². The van der Waals surface area contributed by atoms with Crippen LogP contribution < -0.4 is 5.32 Å². The van der Waals surface area contributed by atoms with Crippen molar-refractivity contribution in [3.05, 3.63) is 21.9 Å². The number of thiophene rings is 1. The maximum absolute atomic E-state index is 3.64. The van der Waals surface area contributed by atoms with E-state index in [1.165, 1.54) is 32.2 Å². The summed E-state index contributed by atoms with van der Waals surface area (Å²) in [6, 6.07) is 3.00. The molecule has 1 aromatic rings. The van der Waals surface area contributed by atoms with Crippen molar-refractivity contribution < 1.29 is 0 Å². The SMILES string of the molecule is CCC(C)NCC1CCCc2sccc21. The Kier molecular flexibility index (Phi) is 3.81. The quantitative estimate of drug-likeness (QED) is 0.823. The highest BCUT2D eigenvalue weighted by Crippen LogP contribution is 2.34. The highest BCUT2D eigenvalue weighted by molar-refractivity contribution is 7.10. The van der Waals surface area contributed by atoms with Crippen molar-refractivity contribution in [3.8, 4) is 0 Å². The fourth-order valence-electron chi connectivity index (χ4n) is 2.28. The third-order valence-electron chi connectivity index (χ3n) is 3.50. The van der Waals surface area contributed by atoms with Crippen LogP contribution in [0, 0.1) is 0 Å². The Hall–Kier alpha value is -0.340. The maximum Gasteiger partial charge on any atom is 0.00805 e. The minimum absolute atomic E-state index is 0.661. The second-order valence-corrected chi connectivity index (χ2v) is 5.61. The molecule has 2 unspecified atom stereocenters. The van der Waals surface area contributed by atoms with E-state index in [2.05, 4.69) is 30.6 Å². The summed E-state index contributed by atoms with van der Waals surface area (Å²) in [6.45, 7) is 5.69. The lowest BCUT2D eigenvalue weighted by atomic mass is 9.87. The summed E-state index contributed by atoms with van der Waals surface area (Å²) in [5.74, 6) is 0.772. The molecule has 1 aromatic heterocycles. The molecular weight excluding hydrogens is 202 g/mol. The average Bonchev–Trinajstić information content (AvgIpc) is 2.74. The van der Waals surface area contributed by atoms with Crippen molar-refractivity contribution in [3.63, 3.8) is 0 Å². The fraction of sp³-hybridized carbons (Fsp3) is 0.692. The topological polar surface area (TPSA) is 12.0 Å². The van der Waals surface area contributed by atoms with E-state index in [-0.39, 0.29) is 0 Å². The van der Waals surface area contributed by atoms with E-state index in [0.29, 0.717) is 6.04 Å². The van der Waals surface area contributed by atoms with Gasteiger partial charge in [0.15, 0.2) is 0 Å². The van der Waals surface area contributed by atoms with Crippen molar-refractivity contribution in [1.82, 2.24) is 5.32 Å². The standard InChI is InChI=1S/C13H21NS/c1-3-10(2)14-9-11-5-4-6-13-12(11)7-8-15-13/h7-8,10-11,14H,3-6,9H2,1-2H3. The lowest BCUT2D eigenvalue weighted by molar-refractivity contribution is 0.461. The molecule has 0 amide bonds. The molecule has 0 spiro atoms. The van der Waals surface area contributed by atoms with Crippen molar-refractivity contribution in [1.29, 1.82) is 0 Å². The molecule has 0 saturated heterocycles. The molecule has 0 saturated carbocycles. The smallest absolute Gasteiger partial charge is 0.00805 e. The zero-order chi connectivity index (χ0) is 10.7. The van der Waals surface area contributed by atoms with Crippen molar-refractivity contribution in [2.75, 3.05) is 6.54 Å². The van der Waals surface area contributed by atoms with Gasteiger partial charge in [0.2, 0.25) is 0 Å². The first kappa shape index (κ1) is 11.2. The van der Waals surface area contributed by atoms with Crippen LogP contribution in [0.2, 0.25) is 0 Å². The summed E-state index contributed by atoms with van der Waals surface area (Å²) >= 11 is 1.94. The van der Waals surface area contributed by atoms with Gasteiger partial charge in [0.05, 0.1) is 0 Å². The Morgan fingerprint density at radius 2 is 2.47 bits per heavy atom. The number of fused-ring (bicyclic) bond motifs is 1. The monoisotopic (exact) mass is 223 g/mol. The molecule has 84 valence electrons. The molecular formula is C13H21NS. The molecule has 0 fully saturated rings. The van der Waals surface area contributed by atoms with E-state index in [0.717, 1.165) is 5.92 Å². The number of aryl methyl sites for hydroxylation is 1. The molecule has 2 rings (SSSR count). The molecule has 0 aliphatic heterocycles. The molecule has 2 heteroatoms. The zero-order valence-electron chi connectivity index (χ0n) is 9.75. The molecule has 15 heavy (non-hydrogen) atoms. The summed E-state index contributed by atoms with van der Waals surface area (Å²) in [5, 5.41) is 5.89. The molecule has 0 radical (unpaired) electrons. The van der Waals surface area contributed by atoms with Gasteiger partial charge in [0.1, 0.15) is 0 Å². The molecule has 1 aliphatic rings. The summed E-state index contributed by atoms with van der Waals surface area (Å²) in [5.41, 5.74) is 1.63. The van der Waals surface area contributed by atoms with Crippen molar-refractivity contribution in [2.24, 2.45) is 0 Å². The second kappa shape index (κ2) is 5.13. The summed E-state index contributed by atoms with van der Waals surface area (Å²) in [6.07, 6.45) is 5.28. The number of nitrogens with one attached hydrogen (secondary N) is 1. The Balaban J connectivity index is 1.95. The predicted octanol–water partition coefficient (Wildman–Crippen LogP) is 3.56. The van der Waals surface area contributed by atoms with Gasteiger partial charge in [-0.25, -0.2) is 0 Å². The highest BCUT2D eigenvalue weighted by Gasteiger charge is 2.20. The molecule has 1 aliphatic carbocycles. The van der Waals surface area contributed by atoms with Gasteiger partial charge in [0, 0.05) is 17.5 Å². The van der Waals surface area contributed by atoms with Crippen LogP contribution in [0.5, 0.6) is 0 Å². The summed E-state index contributed by atoms with van der Waals surface area (Å²) in [4.78, 5) is 1.64. The number of hydrogen-bond donors (Lipinski definition) is 1. The summed E-state index contributed by atoms with van der Waals surface area (Å²) in [7, 11) is 0. The van der Waals surface area contributed by atoms with Gasteiger partial charge in [-0.05, 0) is 55.5 Å². The van der Waals surface area contributed by atoms with Crippen LogP contribution in [0.3, 0.4) is 0 Å². The van der Waals surface area contributed by atoms with Gasteiger partial charge in [0.25, 0.3) is 0 Å². The van der Waals surface area contributed by atoms with E-state index >= 15 is 0 Å². The van der Waals surface area contributed by atoms with Crippen LogP contribution in [0.1, 0.15) is 49.5 Å². The molecule has 1 nitrogen and oxygen atoms in total. The third-order valence-corrected chi connectivity index (χ3v) is 4.50. The second-order valence-electron chi connectivity index (χ2n) is 4.61. The van der Waals surface area contributed by atoms with Crippen LogP contribution in [0.25, 0.3) is 0 Å². The van der Waals surface area contributed by atoms with Crippen molar-refractivity contribution >= 4 is 11.3 Å². The first-order chi connectivity index (χ1) is 7.31. The Bertz CT molecular complexity index is 305. The van der Waals surface area contributed by atoms with Gasteiger partial charge in [-0.2, -0.15) is 0 Å². The zero-order valence-corrected chi connectivity index (χ0v) is 10.6. The number of hydrogen-bond acceptors (Lipinski definition) is 2. The van der Waals surface area contributed by atoms with Crippen LogP contribution >= 0.6 is 11.3 Å². The highest BCUT2D eigenvalue weighted by atomic mass is 32.1. The van der Waals surface area contributed by atoms with Gasteiger partial charge in [-0.1, -0.05) is 6.92 Å². The van der Waals surface area contributed by atoms with Gasteiger partial charge in [-0.15, -0.1) is 11.3 Å². The molecule has 1 N–H and O–H groups in total. The van der Waals surface area contributed by atoms with Crippen LogP contribution in [-0.4, -0.2) is 12.6 Å². The molecule has 2 atom stereocenters. The van der Waals surface area contributed by atoms with Crippen LogP contribution in [0.15, 0.2) is 11.4 Å². The van der Waals surface area contributed by atoms with Crippen LogP contribution in [0.4, 0.5) is 0 Å². The minimum atomic E-state index is 0.661. The van der Waals surface area contributed by atoms with E-state index in [4.69, 9.17) is 0 Å². The molecule has 1 heterocycles. The Morgan fingerprint density at radius 1 is 1.60 bits per heavy atom. The maximum atomic E-state index is 3.64. The third kappa shape index (κ3) is 2.61. The Morgan fingerprint density at radius 3 is 3.27 bits per heavy atom. The normalized spacial score (nSPS) is 22.4. The van der Waals surface area contributed by atoms with E-state index in [9.17, 15) is 0 Å². The molecule has 0 bridgehead atoms. The first-order valence-corrected chi connectivity index (χ1v) is 6.99. The van der Waals surface area contributed by atoms with Gasteiger partial charge >= 0.3 is 0 Å². The number of rotatable bonds is 4. The largest absolute Gasteiger partial charge is 0.314 e. The average molecular weight is 223 g/mol. The van der Waals surface area contributed by atoms with Gasteiger partial charge < -0.3 is 5.32 Å². The van der Waals surface area contributed by atoms with E-state index in [1.54, 1.807) is 10.4 Å². The summed E-state index contributed by atoms with van der Waals surface area (Å²) < 4.78 is 0. The molecule has 0 aromatic carbocycles. The Labute approximate surface area is 96.9 Å². The minimum Gasteiger partial charge on any atom is -0.314 e. The lowest BCUT2D eigenvalue weighted by Crippen LogP contribution is -2.30. The van der Waals surface area contributed by atoms with E-state index < -0.39 is 0 Å². The lowest BCUT2D eigenvalue weighted by Gasteiger charge is -2.24. The van der Waals surface area contributed by atoms with Crippen LogP contribution in [-0.2, 0) is 6.42 Å². The fourth-order valence-corrected chi connectivity index (χ4v) is 3.29. The van der Waals surface area contributed by atoms with Crippen molar-refractivity contribution in [2.45, 2.75) is 51.5 Å². The predicted molar refractivity (Wildman–Crippen MR) is 67.8 cm³/mol. The van der Waals surface area contributed by atoms with Gasteiger partial charge in [-0.3, -0.25) is 0 Å². The first-order valence-electron chi connectivity index (χ1n) is 6.11.